The Morgan fingerprint density at radius 3 is 2.57 bits per heavy atom. The lowest BCUT2D eigenvalue weighted by Gasteiger charge is -2.27. The van der Waals surface area contributed by atoms with Crippen LogP contribution in [0.1, 0.15) is 43.3 Å². The highest BCUT2D eigenvalue weighted by molar-refractivity contribution is 5.77. The van der Waals surface area contributed by atoms with Crippen LogP contribution in [0.2, 0.25) is 0 Å². The minimum atomic E-state index is 0.0634. The number of amides is 1. The number of aryl methyl sites for hydroxylation is 2. The topological polar surface area (TPSA) is 58.6 Å². The van der Waals surface area contributed by atoms with Crippen molar-refractivity contribution in [2.24, 2.45) is 0 Å². The fraction of sp³-hybridized carbons (Fsp3) is 0.706. The van der Waals surface area contributed by atoms with Crippen LogP contribution >= 0.6 is 0 Å². The molecule has 0 radical (unpaired) electrons. The summed E-state index contributed by atoms with van der Waals surface area (Å²) in [6.45, 7) is 11.7. The zero-order valence-electron chi connectivity index (χ0n) is 14.9. The van der Waals surface area contributed by atoms with E-state index in [0.29, 0.717) is 12.5 Å². The number of nitrogens with zero attached hydrogens (tertiary/aromatic N) is 4. The molecule has 0 unspecified atom stereocenters. The molecule has 1 saturated heterocycles. The normalized spacial score (nSPS) is 15.9. The van der Waals surface area contributed by atoms with Crippen molar-refractivity contribution in [3.05, 3.63) is 17.1 Å². The number of hydrogen-bond donors (Lipinski definition) is 0. The number of ether oxygens (including phenoxy) is 1. The Labute approximate surface area is 138 Å². The van der Waals surface area contributed by atoms with Crippen LogP contribution in [0.15, 0.2) is 0 Å². The van der Waals surface area contributed by atoms with E-state index in [9.17, 15) is 4.79 Å². The van der Waals surface area contributed by atoms with Crippen molar-refractivity contribution in [2.75, 3.05) is 44.8 Å². The van der Waals surface area contributed by atoms with E-state index >= 15 is 0 Å². The summed E-state index contributed by atoms with van der Waals surface area (Å²) in [5.41, 5.74) is 2.27. The van der Waals surface area contributed by atoms with Gasteiger partial charge in [0.15, 0.2) is 0 Å². The molecule has 23 heavy (non-hydrogen) atoms. The second-order valence-corrected chi connectivity index (χ2v) is 6.40. The van der Waals surface area contributed by atoms with Gasteiger partial charge in [-0.1, -0.05) is 13.8 Å². The summed E-state index contributed by atoms with van der Waals surface area (Å²) in [5, 5.41) is 0. The lowest BCUT2D eigenvalue weighted by atomic mass is 10.0. The van der Waals surface area contributed by atoms with Gasteiger partial charge in [0.05, 0.1) is 0 Å². The Bertz CT molecular complexity index is 560. The molecule has 0 bridgehead atoms. The highest BCUT2D eigenvalue weighted by atomic mass is 16.5. The molecule has 1 aromatic heterocycles. The van der Waals surface area contributed by atoms with E-state index in [1.807, 2.05) is 11.8 Å². The van der Waals surface area contributed by atoms with E-state index in [4.69, 9.17) is 9.72 Å². The first-order valence-corrected chi connectivity index (χ1v) is 8.30. The molecule has 128 valence electrons. The smallest absolute Gasteiger partial charge is 0.248 e. The van der Waals surface area contributed by atoms with Crippen molar-refractivity contribution in [1.29, 1.82) is 0 Å². The summed E-state index contributed by atoms with van der Waals surface area (Å²) in [5.74, 6) is 2.28. The summed E-state index contributed by atoms with van der Waals surface area (Å²) in [7, 11) is 1.56. The van der Waals surface area contributed by atoms with Crippen LogP contribution < -0.4 is 4.90 Å². The minimum absolute atomic E-state index is 0.0634. The Balaban J connectivity index is 2.21. The quantitative estimate of drug-likeness (QED) is 0.848. The van der Waals surface area contributed by atoms with Gasteiger partial charge in [-0.2, -0.15) is 0 Å². The highest BCUT2D eigenvalue weighted by Crippen LogP contribution is 2.28. The molecule has 6 heteroatoms. The van der Waals surface area contributed by atoms with Crippen molar-refractivity contribution in [1.82, 2.24) is 14.9 Å². The molecule has 0 spiro atoms. The summed E-state index contributed by atoms with van der Waals surface area (Å²) in [6, 6.07) is 0. The molecule has 1 fully saturated rings. The molecule has 1 aliphatic heterocycles. The Kier molecular flexibility index (Phi) is 5.93. The lowest BCUT2D eigenvalue weighted by Crippen LogP contribution is -2.37. The van der Waals surface area contributed by atoms with Crippen LogP contribution in [-0.2, 0) is 9.53 Å². The van der Waals surface area contributed by atoms with Crippen molar-refractivity contribution < 1.29 is 9.53 Å². The van der Waals surface area contributed by atoms with Crippen LogP contribution in [0.3, 0.4) is 0 Å². The van der Waals surface area contributed by atoms with Crippen LogP contribution in [0.4, 0.5) is 5.82 Å². The molecule has 0 aromatic carbocycles. The number of hydrogen-bond acceptors (Lipinski definition) is 5. The molecule has 0 atom stereocenters. The average Bonchev–Trinajstić information content (AvgIpc) is 2.72. The first-order valence-electron chi connectivity index (χ1n) is 8.30. The second kappa shape index (κ2) is 7.73. The van der Waals surface area contributed by atoms with Gasteiger partial charge in [-0.25, -0.2) is 9.97 Å². The summed E-state index contributed by atoms with van der Waals surface area (Å²) in [6.07, 6.45) is 0.940. The molecule has 2 rings (SSSR count). The van der Waals surface area contributed by atoms with Gasteiger partial charge in [0.1, 0.15) is 18.2 Å². The molecule has 0 saturated carbocycles. The van der Waals surface area contributed by atoms with Crippen molar-refractivity contribution in [3.8, 4) is 0 Å². The second-order valence-electron chi connectivity index (χ2n) is 6.40. The van der Waals surface area contributed by atoms with E-state index in [0.717, 1.165) is 43.4 Å². The average molecular weight is 320 g/mol. The van der Waals surface area contributed by atoms with Crippen LogP contribution in [-0.4, -0.2) is 60.7 Å². The third-order valence-electron chi connectivity index (χ3n) is 4.22. The monoisotopic (exact) mass is 320 g/mol. The Morgan fingerprint density at radius 1 is 1.17 bits per heavy atom. The number of aromatic nitrogens is 2. The zero-order valence-corrected chi connectivity index (χ0v) is 14.9. The maximum atomic E-state index is 12.0. The number of rotatable bonds is 4. The largest absolute Gasteiger partial charge is 0.375 e. The maximum Gasteiger partial charge on any atom is 0.248 e. The summed E-state index contributed by atoms with van der Waals surface area (Å²) in [4.78, 5) is 25.5. The Morgan fingerprint density at radius 2 is 1.91 bits per heavy atom. The van der Waals surface area contributed by atoms with E-state index in [1.165, 1.54) is 5.56 Å². The first kappa shape index (κ1) is 17.7. The zero-order chi connectivity index (χ0) is 17.0. The molecule has 0 N–H and O–H groups in total. The Hall–Kier alpha value is -1.69. The van der Waals surface area contributed by atoms with Crippen LogP contribution in [0, 0.1) is 13.8 Å². The van der Waals surface area contributed by atoms with E-state index in [1.54, 1.807) is 7.11 Å². The molecular weight excluding hydrogens is 292 g/mol. The standard InChI is InChI=1S/C17H28N4O2/c1-12(2)16-13(3)18-14(4)19-17(16)21-8-6-7-20(9-10-21)15(22)11-23-5/h12H,6-11H2,1-5H3. The summed E-state index contributed by atoms with van der Waals surface area (Å²) >= 11 is 0. The minimum Gasteiger partial charge on any atom is -0.375 e. The van der Waals surface area contributed by atoms with Gasteiger partial charge >= 0.3 is 0 Å². The number of carbonyl (C=O) groups is 1. The number of anilines is 1. The van der Waals surface area contributed by atoms with Gasteiger partial charge in [-0.15, -0.1) is 0 Å². The van der Waals surface area contributed by atoms with Crippen molar-refractivity contribution in [2.45, 2.75) is 40.0 Å². The number of carbonyl (C=O) groups excluding carboxylic acids is 1. The molecule has 0 aliphatic carbocycles. The third-order valence-corrected chi connectivity index (χ3v) is 4.22. The summed E-state index contributed by atoms with van der Waals surface area (Å²) < 4.78 is 4.97. The van der Waals surface area contributed by atoms with Gasteiger partial charge in [0.2, 0.25) is 5.91 Å². The fourth-order valence-electron chi connectivity index (χ4n) is 3.21. The van der Waals surface area contributed by atoms with E-state index in [-0.39, 0.29) is 12.5 Å². The van der Waals surface area contributed by atoms with E-state index < -0.39 is 0 Å². The molecule has 1 aromatic rings. The fourth-order valence-corrected chi connectivity index (χ4v) is 3.21. The van der Waals surface area contributed by atoms with Crippen LogP contribution in [0.5, 0.6) is 0 Å². The van der Waals surface area contributed by atoms with Gasteiger partial charge in [0, 0.05) is 44.5 Å². The van der Waals surface area contributed by atoms with Gasteiger partial charge < -0.3 is 14.5 Å². The van der Waals surface area contributed by atoms with Gasteiger partial charge in [-0.3, -0.25) is 4.79 Å². The van der Waals surface area contributed by atoms with Crippen molar-refractivity contribution >= 4 is 11.7 Å². The SMILES string of the molecule is COCC(=O)N1CCCN(c2nc(C)nc(C)c2C(C)C)CC1. The van der Waals surface area contributed by atoms with Gasteiger partial charge in [-0.05, 0) is 26.2 Å². The maximum absolute atomic E-state index is 12.0. The lowest BCUT2D eigenvalue weighted by molar-refractivity contribution is -0.134. The molecule has 2 heterocycles. The third kappa shape index (κ3) is 4.19. The van der Waals surface area contributed by atoms with Gasteiger partial charge in [0.25, 0.3) is 0 Å². The predicted molar refractivity (Wildman–Crippen MR) is 90.9 cm³/mol. The van der Waals surface area contributed by atoms with E-state index in [2.05, 4.69) is 30.7 Å². The predicted octanol–water partition coefficient (Wildman–Crippen LogP) is 1.90. The number of methoxy groups -OCH3 is 1. The molecule has 1 aliphatic rings. The molecular formula is C17H28N4O2. The molecule has 6 nitrogen and oxygen atoms in total. The van der Waals surface area contributed by atoms with Crippen molar-refractivity contribution in [3.63, 3.8) is 0 Å². The molecule has 1 amide bonds. The highest BCUT2D eigenvalue weighted by Gasteiger charge is 2.23. The first-order chi connectivity index (χ1) is 10.9. The van der Waals surface area contributed by atoms with Crippen LogP contribution in [0.25, 0.3) is 0 Å².